The number of ketones is 4. The minimum atomic E-state index is -3.22. The Morgan fingerprint density at radius 3 is 1.55 bits per heavy atom. The molecule has 5 heterocycles. The quantitative estimate of drug-likeness (QED) is 0.00639. The number of fused-ring (bicyclic) bond motifs is 1. The molecule has 1 fully saturated rings. The van der Waals surface area contributed by atoms with Crippen LogP contribution in [0, 0.1) is 0 Å². The van der Waals surface area contributed by atoms with E-state index in [2.05, 4.69) is 93.8 Å². The number of methoxy groups -OCH3 is 4. The molecule has 0 aliphatic heterocycles. The molecule has 1 saturated carbocycles. The third-order valence-electron chi connectivity index (χ3n) is 12.8. The van der Waals surface area contributed by atoms with Crippen LogP contribution < -0.4 is 60.0 Å². The van der Waals surface area contributed by atoms with Crippen molar-refractivity contribution in [1.82, 2.24) is 24.9 Å². The number of nitrogens with zero attached hydrogens (tertiary/aromatic N) is 4. The van der Waals surface area contributed by atoms with Crippen LogP contribution in [-0.2, 0) is 50.7 Å². The molecule has 8 N–H and O–H groups in total. The number of carbonyl (C=O) groups excluding carboxylic acids is 7. The third-order valence-corrected chi connectivity index (χ3v) is 15.2. The summed E-state index contributed by atoms with van der Waals surface area (Å²) in [6.45, 7) is 9.61. The van der Waals surface area contributed by atoms with Crippen molar-refractivity contribution >= 4 is 200 Å². The van der Waals surface area contributed by atoms with Gasteiger partial charge >= 0.3 is 30.2 Å². The fourth-order valence-corrected chi connectivity index (χ4v) is 9.35. The van der Waals surface area contributed by atoms with Crippen LogP contribution in [0.15, 0.2) is 102 Å². The zero-order valence-electron chi connectivity index (χ0n) is 59.7. The Labute approximate surface area is 698 Å². The first-order valence-corrected chi connectivity index (χ1v) is 38.7. The second kappa shape index (κ2) is 55.5. The summed E-state index contributed by atoms with van der Waals surface area (Å²) in [5.74, 6) is 0.401. The summed E-state index contributed by atoms with van der Waals surface area (Å²) >= 11 is 57.5. The largest absolute Gasteiger partial charge is 1.00 e. The van der Waals surface area contributed by atoms with Crippen LogP contribution in [0.5, 0.6) is 28.9 Å². The number of rotatable bonds is 26. The smallest absolute Gasteiger partial charge is 0.870 e. The summed E-state index contributed by atoms with van der Waals surface area (Å²) < 4.78 is 69.0. The number of nitrogens with two attached hydrogens (primary N) is 2. The molecule has 110 heavy (non-hydrogen) atoms. The number of nitrogen functional groups attached to an aromatic ring is 2. The predicted octanol–water partition coefficient (Wildman–Crippen LogP) is 13.9. The van der Waals surface area contributed by atoms with Gasteiger partial charge < -0.3 is 87.9 Å². The van der Waals surface area contributed by atoms with Crippen molar-refractivity contribution < 1.29 is 123 Å². The first-order valence-electron chi connectivity index (χ1n) is 30.5. The Balaban J connectivity index is 0.00000130. The first kappa shape index (κ1) is 103. The van der Waals surface area contributed by atoms with E-state index in [1.807, 2.05) is 6.92 Å². The Morgan fingerprint density at radius 2 is 1.12 bits per heavy atom. The van der Waals surface area contributed by atoms with Crippen molar-refractivity contribution in [2.45, 2.75) is 59.4 Å². The molecule has 0 saturated heterocycles. The van der Waals surface area contributed by atoms with Gasteiger partial charge in [-0.2, -0.15) is 24.5 Å². The topological polar surface area (TPSA) is 462 Å². The molecule has 0 atom stereocenters. The van der Waals surface area contributed by atoms with E-state index in [1.165, 1.54) is 45.2 Å². The average molecular weight is 1820 g/mol. The number of hydrogen-bond acceptors (Lipinski definition) is 30. The number of aryl methyl sites for hydroxylation is 1. The number of H-pyrrole nitrogens is 1. The molecule has 10 rings (SSSR count). The molecule has 1 aliphatic carbocycles. The maximum absolute atomic E-state index is 12.5. The standard InChI is InChI=1S/C18H18ClN3O4.C16H15Cl2NO5.C11H14ClNO3.C8H8ClNO2.C5H6ClNO.C4H2ClNO3.C3H7BrO.CO2.Cl3OP.Li.H2O/c1-24-6-7-25-15-5-4-11-14(23)8-12(21-17(11)16(15)19)13-9-26-18(22-13)20-10-2-3-10;1-9(20)10-3-4-14(23-6-5-22-2)15(17)11(10)7-13(21)12-8-24-16(18)19-12;1-7(14)8-3-4-9(10(12)11(8)13)16-6-5-15-2;1-4(11)5-2-3-6(12)7(9)8(5)10;1-2-4-3-8-5(6)7-4;5-4-6-3(1-8-4)9-2-7;1-5-3-2-4;2-1-3;1-5(2,3)4;;/h4-5,8-10H,2-3,6-7H2,1H3,(H,20,22)(H,21,23);3-4,8H,5-7H2,1-2H3;3-4H,5-6,13H2,1-2H3;2-3,12H,10H2,1H3;3H,2H2,1H3;1-2H;2-3H2,1H3;;;;1H2/q;;;;;;;;;+1;/p-1. The second-order valence-corrected chi connectivity index (χ2v) is 30.4. The molecule has 31 nitrogen and oxygen atoms in total. The van der Waals surface area contributed by atoms with Crippen LogP contribution in [0.2, 0.25) is 36.1 Å². The van der Waals surface area contributed by atoms with Crippen molar-refractivity contribution in [1.29, 1.82) is 0 Å². The number of aromatic nitrogens is 5. The summed E-state index contributed by atoms with van der Waals surface area (Å²) in [6, 6.07) is 14.9. The van der Waals surface area contributed by atoms with Crippen molar-refractivity contribution in [2.24, 2.45) is 0 Å². The van der Waals surface area contributed by atoms with Gasteiger partial charge in [0.05, 0.1) is 59.7 Å². The van der Waals surface area contributed by atoms with Gasteiger partial charge in [0.1, 0.15) is 88.1 Å². The molecule has 0 bridgehead atoms. The SMILES string of the molecule is CC(=O)c1ccc(O)c(Cl)c1N.CCc1coc(Cl)n1.COCCBr.COCCOc1ccc(C(C)=O)c(CC(=O)c2coc(Cl)n2)c1Cl.COCCOc1ccc(C(C)=O)c(N)c1Cl.COCCOc1ccc2c(=O)cc(-c3coc(NC4CC4)n3)[nH]c2c1Cl.O=C=O.O=COc1coc(Cl)n1.O=P(Cl)(Cl)Cl.[Li+].[OH-]. The molecule has 9 aromatic rings. The van der Waals surface area contributed by atoms with Crippen molar-refractivity contribution in [2.75, 3.05) is 96.8 Å². The molecule has 1 aliphatic rings. The molecule has 5 aromatic heterocycles. The number of aromatic amines is 1. The van der Waals surface area contributed by atoms with Crippen LogP contribution in [-0.4, -0.2) is 157 Å². The fourth-order valence-electron chi connectivity index (χ4n) is 7.67. The summed E-state index contributed by atoms with van der Waals surface area (Å²) in [6.07, 6.45) is 8.59. The van der Waals surface area contributed by atoms with Crippen molar-refractivity contribution in [3.63, 3.8) is 0 Å². The maximum atomic E-state index is 12.5. The predicted molar refractivity (Wildman–Crippen MR) is 415 cm³/mol. The molecule has 4 aromatic carbocycles. The monoisotopic (exact) mass is 1810 g/mol. The number of nitrogens with one attached hydrogen (secondary N) is 2. The van der Waals surface area contributed by atoms with Gasteiger partial charge in [-0.1, -0.05) is 69.3 Å². The fraction of sp³-hybridized carbons (Fsp3) is 0.318. The summed E-state index contributed by atoms with van der Waals surface area (Å²) in [5, 5.41) is 11.4. The van der Waals surface area contributed by atoms with Crippen LogP contribution >= 0.6 is 136 Å². The molecule has 596 valence electrons. The molecule has 0 spiro atoms. The number of hydrogen-bond donors (Lipinski definition) is 5. The Morgan fingerprint density at radius 1 is 0.655 bits per heavy atom. The van der Waals surface area contributed by atoms with Gasteiger partial charge in [-0.3, -0.25) is 33.3 Å². The third kappa shape index (κ3) is 38.5. The van der Waals surface area contributed by atoms with E-state index in [9.17, 15) is 33.3 Å². The number of phenolic OH excluding ortho intramolecular Hbond substituents is 1. The van der Waals surface area contributed by atoms with Crippen LogP contribution in [0.4, 0.5) is 17.4 Å². The van der Waals surface area contributed by atoms with Crippen molar-refractivity contribution in [3.8, 4) is 40.3 Å². The van der Waals surface area contributed by atoms with Gasteiger partial charge in [-0.15, -0.1) is 0 Å². The summed E-state index contributed by atoms with van der Waals surface area (Å²) in [5.41, 5.74) is 15.4. The van der Waals surface area contributed by atoms with E-state index in [-0.39, 0.29) is 132 Å². The maximum Gasteiger partial charge on any atom is 1.00 e. The molecular formula is C66H71BrCl10LiN8O23P. The van der Waals surface area contributed by atoms with Crippen LogP contribution in [0.1, 0.15) is 93.4 Å². The van der Waals surface area contributed by atoms with Crippen molar-refractivity contribution in [3.05, 3.63) is 160 Å². The zero-order chi connectivity index (χ0) is 81.2. The van der Waals surface area contributed by atoms with E-state index < -0.39 is 5.20 Å². The number of pyridine rings is 1. The number of carbonyl (C=O) groups is 5. The Hall–Kier alpha value is -6.93. The van der Waals surface area contributed by atoms with E-state index in [4.69, 9.17) is 149 Å². The summed E-state index contributed by atoms with van der Waals surface area (Å²) in [7, 11) is 6.41. The minimum absolute atomic E-state index is 0. The molecule has 0 unspecified atom stereocenters. The van der Waals surface area contributed by atoms with Crippen LogP contribution in [0.25, 0.3) is 22.3 Å². The second-order valence-electron chi connectivity index (χ2n) is 20.4. The van der Waals surface area contributed by atoms with E-state index in [0.717, 1.165) is 49.4 Å². The number of anilines is 3. The van der Waals surface area contributed by atoms with E-state index in [0.29, 0.717) is 119 Å². The number of oxazole rings is 4. The molecular weight excluding hydrogens is 1750 g/mol. The first-order chi connectivity index (χ1) is 51.2. The average Bonchev–Trinajstić information content (AvgIpc) is 1.17. The number of Topliss-reactive ketones (excluding diaryl/α,β-unsaturated/α-hetero) is 4. The number of aromatic hydroxyl groups is 1. The minimum Gasteiger partial charge on any atom is -0.870 e. The molecule has 44 heteroatoms. The number of halogens is 11. The summed E-state index contributed by atoms with van der Waals surface area (Å²) in [4.78, 5) is 103. The van der Waals surface area contributed by atoms with Gasteiger partial charge in [0.25, 0.3) is 34.4 Å². The zero-order valence-corrected chi connectivity index (χ0v) is 69.7. The number of alkyl halides is 1. The van der Waals surface area contributed by atoms with E-state index in [1.54, 1.807) is 71.1 Å². The number of benzene rings is 4. The Kier molecular flexibility index (Phi) is 52.0. The van der Waals surface area contributed by atoms with Crippen LogP contribution in [0.3, 0.4) is 0 Å². The molecule has 0 radical (unpaired) electrons. The number of phenols is 1. The van der Waals surface area contributed by atoms with Gasteiger partial charge in [0.2, 0.25) is 0 Å². The Bertz CT molecular complexity index is 4490. The molecule has 0 amide bonds. The van der Waals surface area contributed by atoms with Gasteiger partial charge in [-0.25, -0.2) is 4.98 Å². The van der Waals surface area contributed by atoms with Gasteiger partial charge in [-0.05, 0) is 163 Å². The van der Waals surface area contributed by atoms with E-state index >= 15 is 0 Å². The normalized spacial score (nSPS) is 10.6. The van der Waals surface area contributed by atoms with Gasteiger partial charge in [0, 0.05) is 74.4 Å². The van der Waals surface area contributed by atoms with Gasteiger partial charge in [0.15, 0.2) is 34.8 Å². The number of ether oxygens (including phenoxy) is 8.